The van der Waals surface area contributed by atoms with Gasteiger partial charge in [-0.25, -0.2) is 4.79 Å². The Hall–Kier alpha value is -3.60. The predicted octanol–water partition coefficient (Wildman–Crippen LogP) is 4.82. The molecule has 2 heterocycles. The van der Waals surface area contributed by atoms with E-state index in [9.17, 15) is 4.79 Å². The van der Waals surface area contributed by atoms with Gasteiger partial charge in [-0.2, -0.15) is 0 Å². The second-order valence-electron chi connectivity index (χ2n) is 6.83. The number of aromatic nitrogens is 2. The van der Waals surface area contributed by atoms with Crippen molar-refractivity contribution in [3.63, 3.8) is 0 Å². The number of urea groups is 1. The predicted molar refractivity (Wildman–Crippen MR) is 113 cm³/mol. The van der Waals surface area contributed by atoms with E-state index in [1.54, 1.807) is 6.20 Å². The molecule has 5 heteroatoms. The highest BCUT2D eigenvalue weighted by Crippen LogP contribution is 2.30. The number of H-pyrrole nitrogens is 1. The fraction of sp³-hybridized carbons (Fsp3) is 0.130. The maximum Gasteiger partial charge on any atom is 0.319 e. The van der Waals surface area contributed by atoms with Crippen LogP contribution in [0.1, 0.15) is 22.6 Å². The number of aryl methyl sites for hydroxylation is 1. The molecule has 0 aliphatic heterocycles. The zero-order valence-electron chi connectivity index (χ0n) is 15.6. The molecular weight excluding hydrogens is 348 g/mol. The second-order valence-corrected chi connectivity index (χ2v) is 6.83. The minimum absolute atomic E-state index is 0.00638. The normalized spacial score (nSPS) is 11.9. The zero-order valence-corrected chi connectivity index (χ0v) is 15.6. The maximum atomic E-state index is 12.4. The molecule has 5 nitrogen and oxygen atoms in total. The van der Waals surface area contributed by atoms with Gasteiger partial charge in [0, 0.05) is 47.6 Å². The van der Waals surface area contributed by atoms with E-state index in [0.717, 1.165) is 33.3 Å². The number of nitrogens with one attached hydrogen (secondary N) is 3. The van der Waals surface area contributed by atoms with Crippen molar-refractivity contribution in [1.29, 1.82) is 0 Å². The third kappa shape index (κ3) is 3.88. The van der Waals surface area contributed by atoms with Gasteiger partial charge in [0.1, 0.15) is 0 Å². The number of carbonyl (C=O) groups is 1. The lowest BCUT2D eigenvalue weighted by atomic mass is 9.92. The van der Waals surface area contributed by atoms with Crippen molar-refractivity contribution in [1.82, 2.24) is 15.3 Å². The number of aromatic amines is 1. The molecule has 0 saturated carbocycles. The Bertz CT molecular complexity index is 1090. The molecule has 2 amide bonds. The molecule has 0 radical (unpaired) electrons. The summed E-state index contributed by atoms with van der Waals surface area (Å²) >= 11 is 0. The number of para-hydroxylation sites is 1. The third-order valence-electron chi connectivity index (χ3n) is 4.83. The van der Waals surface area contributed by atoms with Crippen LogP contribution in [0.25, 0.3) is 10.9 Å². The van der Waals surface area contributed by atoms with Gasteiger partial charge in [0.15, 0.2) is 0 Å². The van der Waals surface area contributed by atoms with E-state index in [2.05, 4.69) is 32.7 Å². The molecule has 140 valence electrons. The summed E-state index contributed by atoms with van der Waals surface area (Å²) in [5.74, 6) is -0.00638. The van der Waals surface area contributed by atoms with Gasteiger partial charge in [0.25, 0.3) is 0 Å². The lowest BCUT2D eigenvalue weighted by Gasteiger charge is -2.18. The van der Waals surface area contributed by atoms with Crippen LogP contribution < -0.4 is 10.6 Å². The minimum atomic E-state index is -0.223. The van der Waals surface area contributed by atoms with Crippen LogP contribution in [0.15, 0.2) is 79.3 Å². The fourth-order valence-corrected chi connectivity index (χ4v) is 3.46. The summed E-state index contributed by atoms with van der Waals surface area (Å²) in [5, 5.41) is 7.06. The van der Waals surface area contributed by atoms with Gasteiger partial charge in [0.2, 0.25) is 0 Å². The van der Waals surface area contributed by atoms with E-state index >= 15 is 0 Å². The summed E-state index contributed by atoms with van der Waals surface area (Å²) in [6, 6.07) is 19.7. The van der Waals surface area contributed by atoms with Crippen molar-refractivity contribution in [3.8, 4) is 0 Å². The molecule has 2 aromatic carbocycles. The molecule has 0 aliphatic rings. The van der Waals surface area contributed by atoms with E-state index in [1.807, 2.05) is 67.8 Å². The highest BCUT2D eigenvalue weighted by atomic mass is 16.2. The number of fused-ring (bicyclic) bond motifs is 1. The summed E-state index contributed by atoms with van der Waals surface area (Å²) in [6.45, 7) is 2.46. The Kier molecular flexibility index (Phi) is 5.06. The highest BCUT2D eigenvalue weighted by Gasteiger charge is 2.19. The van der Waals surface area contributed by atoms with Crippen LogP contribution in [-0.2, 0) is 0 Å². The SMILES string of the molecule is Cc1cccc(NC(=O)NCC(c2cccnc2)c2c[nH]c3ccccc23)c1. The average Bonchev–Trinajstić information content (AvgIpc) is 3.13. The Morgan fingerprint density at radius 2 is 2.00 bits per heavy atom. The van der Waals surface area contributed by atoms with Gasteiger partial charge in [-0.15, -0.1) is 0 Å². The molecule has 2 aromatic heterocycles. The van der Waals surface area contributed by atoms with Crippen LogP contribution in [0.2, 0.25) is 0 Å². The number of amides is 2. The summed E-state index contributed by atoms with van der Waals surface area (Å²) in [6.07, 6.45) is 5.63. The number of rotatable bonds is 5. The van der Waals surface area contributed by atoms with Crippen molar-refractivity contribution < 1.29 is 4.79 Å². The summed E-state index contributed by atoms with van der Waals surface area (Å²) in [5.41, 5.74) is 5.16. The van der Waals surface area contributed by atoms with Gasteiger partial charge in [0.05, 0.1) is 0 Å². The van der Waals surface area contributed by atoms with Crippen LogP contribution in [0, 0.1) is 6.92 Å². The number of nitrogens with zero attached hydrogens (tertiary/aromatic N) is 1. The standard InChI is InChI=1S/C23H22N4O/c1-16-6-4-8-18(12-16)27-23(28)26-14-20(17-7-5-11-24-13-17)21-15-25-22-10-3-2-9-19(21)22/h2-13,15,20,25H,14H2,1H3,(H2,26,27,28). The van der Waals surface area contributed by atoms with E-state index in [1.165, 1.54) is 0 Å². The number of carbonyl (C=O) groups excluding carboxylic acids is 1. The molecule has 0 aliphatic carbocycles. The molecule has 0 fully saturated rings. The van der Waals surface area contributed by atoms with E-state index in [0.29, 0.717) is 6.54 Å². The van der Waals surface area contributed by atoms with Crippen molar-refractivity contribution >= 4 is 22.6 Å². The first-order chi connectivity index (χ1) is 13.7. The number of anilines is 1. The van der Waals surface area contributed by atoms with Crippen molar-refractivity contribution in [3.05, 3.63) is 95.9 Å². The Morgan fingerprint density at radius 1 is 1.11 bits per heavy atom. The molecule has 0 bridgehead atoms. The van der Waals surface area contributed by atoms with Crippen molar-refractivity contribution in [2.24, 2.45) is 0 Å². The number of benzene rings is 2. The second kappa shape index (κ2) is 7.96. The number of pyridine rings is 1. The van der Waals surface area contributed by atoms with Gasteiger partial charge >= 0.3 is 6.03 Å². The molecule has 3 N–H and O–H groups in total. The van der Waals surface area contributed by atoms with E-state index in [4.69, 9.17) is 0 Å². The van der Waals surface area contributed by atoms with Crippen LogP contribution in [0.5, 0.6) is 0 Å². The smallest absolute Gasteiger partial charge is 0.319 e. The fourth-order valence-electron chi connectivity index (χ4n) is 3.46. The molecule has 0 saturated heterocycles. The van der Waals surface area contributed by atoms with E-state index < -0.39 is 0 Å². The first-order valence-electron chi connectivity index (χ1n) is 9.28. The Balaban J connectivity index is 1.56. The maximum absolute atomic E-state index is 12.4. The van der Waals surface area contributed by atoms with Gasteiger partial charge in [-0.3, -0.25) is 4.98 Å². The third-order valence-corrected chi connectivity index (χ3v) is 4.83. The minimum Gasteiger partial charge on any atom is -0.361 e. The summed E-state index contributed by atoms with van der Waals surface area (Å²) in [4.78, 5) is 20.0. The van der Waals surface area contributed by atoms with Gasteiger partial charge < -0.3 is 15.6 Å². The van der Waals surface area contributed by atoms with Crippen LogP contribution in [0.4, 0.5) is 10.5 Å². The zero-order chi connectivity index (χ0) is 19.3. The Labute approximate surface area is 163 Å². The lowest BCUT2D eigenvalue weighted by molar-refractivity contribution is 0.252. The van der Waals surface area contributed by atoms with E-state index in [-0.39, 0.29) is 11.9 Å². The quantitative estimate of drug-likeness (QED) is 0.471. The Morgan fingerprint density at radius 3 is 2.82 bits per heavy atom. The van der Waals surface area contributed by atoms with Crippen LogP contribution in [0.3, 0.4) is 0 Å². The molecular formula is C23H22N4O. The summed E-state index contributed by atoms with van der Waals surface area (Å²) in [7, 11) is 0. The first kappa shape index (κ1) is 17.8. The summed E-state index contributed by atoms with van der Waals surface area (Å²) < 4.78 is 0. The largest absolute Gasteiger partial charge is 0.361 e. The molecule has 1 unspecified atom stereocenters. The molecule has 4 rings (SSSR count). The molecule has 4 aromatic rings. The van der Waals surface area contributed by atoms with Crippen LogP contribution in [-0.4, -0.2) is 22.5 Å². The molecule has 28 heavy (non-hydrogen) atoms. The van der Waals surface area contributed by atoms with Gasteiger partial charge in [-0.1, -0.05) is 36.4 Å². The van der Waals surface area contributed by atoms with Gasteiger partial charge in [-0.05, 0) is 47.9 Å². The molecule has 0 spiro atoms. The molecule has 1 atom stereocenters. The highest BCUT2D eigenvalue weighted by molar-refractivity contribution is 5.89. The van der Waals surface area contributed by atoms with Crippen molar-refractivity contribution in [2.75, 3.05) is 11.9 Å². The average molecular weight is 370 g/mol. The number of hydrogen-bond acceptors (Lipinski definition) is 2. The first-order valence-corrected chi connectivity index (χ1v) is 9.28. The topological polar surface area (TPSA) is 69.8 Å². The van der Waals surface area contributed by atoms with Crippen LogP contribution >= 0.6 is 0 Å². The van der Waals surface area contributed by atoms with Crippen molar-refractivity contribution in [2.45, 2.75) is 12.8 Å². The number of hydrogen-bond donors (Lipinski definition) is 3. The monoisotopic (exact) mass is 370 g/mol. The lowest BCUT2D eigenvalue weighted by Crippen LogP contribution is -2.32.